The van der Waals surface area contributed by atoms with Gasteiger partial charge in [0.15, 0.2) is 0 Å². The maximum absolute atomic E-state index is 10.8. The van der Waals surface area contributed by atoms with Crippen molar-refractivity contribution in [2.75, 3.05) is 6.61 Å². The van der Waals surface area contributed by atoms with Crippen molar-refractivity contribution < 1.29 is 14.5 Å². The maximum atomic E-state index is 10.8. The van der Waals surface area contributed by atoms with Gasteiger partial charge in [-0.05, 0) is 6.61 Å². The first-order valence-electron chi connectivity index (χ1n) is 3.68. The van der Waals surface area contributed by atoms with Crippen LogP contribution in [0.1, 0.15) is 6.92 Å². The van der Waals surface area contributed by atoms with E-state index in [2.05, 4.69) is 9.84 Å². The standard InChI is InChI=1S/C8H10N2O2/c1-2-12-8(11)9-10-6-4-3-5-7-10/h3-7H,2H2,1H3. The van der Waals surface area contributed by atoms with Gasteiger partial charge >= 0.3 is 0 Å². The molecule has 1 aromatic heterocycles. The molecule has 0 atom stereocenters. The zero-order chi connectivity index (χ0) is 8.81. The molecule has 64 valence electrons. The normalized spacial score (nSPS) is 11.2. The molecule has 0 unspecified atom stereocenters. The first-order valence-corrected chi connectivity index (χ1v) is 3.68. The summed E-state index contributed by atoms with van der Waals surface area (Å²) in [5.74, 6) is 0. The molecular formula is C8H10N2O2. The molecule has 1 aromatic rings. The SMILES string of the molecule is CCO/C([O-])=N/[n+]1ccccc1. The van der Waals surface area contributed by atoms with E-state index in [0.29, 0.717) is 6.61 Å². The molecular weight excluding hydrogens is 156 g/mol. The highest BCUT2D eigenvalue weighted by Crippen LogP contribution is 1.77. The van der Waals surface area contributed by atoms with E-state index >= 15 is 0 Å². The van der Waals surface area contributed by atoms with Crippen LogP contribution in [-0.4, -0.2) is 12.7 Å². The van der Waals surface area contributed by atoms with Crippen LogP contribution in [0, 0.1) is 0 Å². The fraction of sp³-hybridized carbons (Fsp3) is 0.250. The molecule has 0 saturated heterocycles. The summed E-state index contributed by atoms with van der Waals surface area (Å²) in [5.41, 5.74) is 0. The van der Waals surface area contributed by atoms with Gasteiger partial charge in [-0.2, -0.15) is 0 Å². The Morgan fingerprint density at radius 3 is 2.67 bits per heavy atom. The zero-order valence-electron chi connectivity index (χ0n) is 6.80. The molecule has 0 amide bonds. The van der Waals surface area contributed by atoms with E-state index in [4.69, 9.17) is 0 Å². The first-order chi connectivity index (χ1) is 5.83. The van der Waals surface area contributed by atoms with Gasteiger partial charge in [0.05, 0.1) is 0 Å². The summed E-state index contributed by atoms with van der Waals surface area (Å²) < 4.78 is 6.02. The molecule has 4 heteroatoms. The van der Waals surface area contributed by atoms with Gasteiger partial charge in [0.1, 0.15) is 0 Å². The van der Waals surface area contributed by atoms with Crippen molar-refractivity contribution in [1.82, 2.24) is 0 Å². The molecule has 1 heterocycles. The minimum absolute atomic E-state index is 0.343. The van der Waals surface area contributed by atoms with Crippen LogP contribution in [-0.2, 0) is 4.74 Å². The minimum Gasteiger partial charge on any atom is -0.596 e. The van der Waals surface area contributed by atoms with Crippen LogP contribution < -0.4 is 9.78 Å². The van der Waals surface area contributed by atoms with Crippen molar-refractivity contribution in [2.24, 2.45) is 5.10 Å². The highest BCUT2D eigenvalue weighted by molar-refractivity contribution is 5.60. The Balaban J connectivity index is 2.67. The molecule has 0 fully saturated rings. The Labute approximate surface area is 70.7 Å². The van der Waals surface area contributed by atoms with Crippen molar-refractivity contribution >= 4 is 6.08 Å². The molecule has 0 aliphatic carbocycles. The Kier molecular flexibility index (Phi) is 3.07. The molecule has 0 aromatic carbocycles. The second-order valence-electron chi connectivity index (χ2n) is 2.05. The van der Waals surface area contributed by atoms with Gasteiger partial charge < -0.3 is 9.84 Å². The van der Waals surface area contributed by atoms with Crippen LogP contribution in [0.15, 0.2) is 35.7 Å². The molecule has 0 saturated carbocycles. The maximum Gasteiger partial charge on any atom is 0.222 e. The third kappa shape index (κ3) is 2.57. The Morgan fingerprint density at radius 1 is 1.42 bits per heavy atom. The van der Waals surface area contributed by atoms with Crippen molar-refractivity contribution in [2.45, 2.75) is 6.92 Å². The van der Waals surface area contributed by atoms with Crippen LogP contribution in [0.3, 0.4) is 0 Å². The zero-order valence-corrected chi connectivity index (χ0v) is 6.80. The Hall–Kier alpha value is -1.58. The van der Waals surface area contributed by atoms with Gasteiger partial charge in [-0.15, -0.1) is 0 Å². The summed E-state index contributed by atoms with van der Waals surface area (Å²) in [5, 5.41) is 14.4. The average molecular weight is 166 g/mol. The molecule has 0 bridgehead atoms. The summed E-state index contributed by atoms with van der Waals surface area (Å²) in [6.07, 6.45) is 2.75. The lowest BCUT2D eigenvalue weighted by Gasteiger charge is -2.05. The number of aromatic nitrogens is 1. The molecule has 0 N–H and O–H groups in total. The Bertz CT molecular complexity index is 259. The van der Waals surface area contributed by atoms with Crippen LogP contribution in [0.2, 0.25) is 0 Å². The highest BCUT2D eigenvalue weighted by Gasteiger charge is 1.92. The molecule has 12 heavy (non-hydrogen) atoms. The highest BCUT2D eigenvalue weighted by atomic mass is 16.6. The largest absolute Gasteiger partial charge is 0.596 e. The fourth-order valence-corrected chi connectivity index (χ4v) is 0.703. The number of pyridine rings is 1. The van der Waals surface area contributed by atoms with Crippen LogP contribution in [0.5, 0.6) is 0 Å². The van der Waals surface area contributed by atoms with Crippen molar-refractivity contribution in [3.63, 3.8) is 0 Å². The molecule has 0 spiro atoms. The summed E-state index contributed by atoms with van der Waals surface area (Å²) in [4.78, 5) is 0. The summed E-state index contributed by atoms with van der Waals surface area (Å²) in [7, 11) is 0. The van der Waals surface area contributed by atoms with Crippen molar-refractivity contribution in [1.29, 1.82) is 0 Å². The van der Waals surface area contributed by atoms with Crippen LogP contribution in [0.25, 0.3) is 0 Å². The van der Waals surface area contributed by atoms with Gasteiger partial charge in [0, 0.05) is 17.2 Å². The molecule has 1 rings (SSSR count). The summed E-state index contributed by atoms with van der Waals surface area (Å²) >= 11 is 0. The summed E-state index contributed by atoms with van der Waals surface area (Å²) in [6, 6.07) is 5.41. The van der Waals surface area contributed by atoms with Crippen molar-refractivity contribution in [3.8, 4) is 0 Å². The van der Waals surface area contributed by atoms with Crippen molar-refractivity contribution in [3.05, 3.63) is 30.6 Å². The van der Waals surface area contributed by atoms with E-state index < -0.39 is 6.08 Å². The molecule has 4 nitrogen and oxygen atoms in total. The minimum atomic E-state index is -0.575. The smallest absolute Gasteiger partial charge is 0.222 e. The summed E-state index contributed by atoms with van der Waals surface area (Å²) in [6.45, 7) is 2.08. The second kappa shape index (κ2) is 4.33. The van der Waals surface area contributed by atoms with E-state index in [1.807, 2.05) is 6.07 Å². The Morgan fingerprint density at radius 2 is 2.08 bits per heavy atom. The molecule has 0 aliphatic rings. The third-order valence-corrected chi connectivity index (χ3v) is 1.16. The molecule has 0 radical (unpaired) electrons. The lowest BCUT2D eigenvalue weighted by atomic mass is 10.5. The average Bonchev–Trinajstić information content (AvgIpc) is 2.06. The van der Waals surface area contributed by atoms with E-state index in [1.54, 1.807) is 31.5 Å². The predicted octanol–water partition coefficient (Wildman–Crippen LogP) is -0.510. The van der Waals surface area contributed by atoms with Gasteiger partial charge in [-0.25, -0.2) is 0 Å². The predicted molar refractivity (Wildman–Crippen MR) is 41.1 cm³/mol. The number of nitrogens with zero attached hydrogens (tertiary/aromatic N) is 2. The van der Waals surface area contributed by atoms with Gasteiger partial charge in [0.25, 0.3) is 0 Å². The third-order valence-electron chi connectivity index (χ3n) is 1.16. The lowest BCUT2D eigenvalue weighted by Crippen LogP contribution is -2.33. The number of hydrogen-bond donors (Lipinski definition) is 0. The molecule has 0 aliphatic heterocycles. The van der Waals surface area contributed by atoms with Gasteiger partial charge in [-0.1, -0.05) is 17.7 Å². The van der Waals surface area contributed by atoms with Gasteiger partial charge in [0.2, 0.25) is 18.5 Å². The van der Waals surface area contributed by atoms with E-state index in [-0.39, 0.29) is 0 Å². The second-order valence-corrected chi connectivity index (χ2v) is 2.05. The lowest BCUT2D eigenvalue weighted by molar-refractivity contribution is -0.682. The van der Waals surface area contributed by atoms with Crippen LogP contribution >= 0.6 is 0 Å². The number of ether oxygens (including phenoxy) is 1. The van der Waals surface area contributed by atoms with E-state index in [1.165, 1.54) is 4.68 Å². The topological polar surface area (TPSA) is 48.5 Å². The fourth-order valence-electron chi connectivity index (χ4n) is 0.703. The van der Waals surface area contributed by atoms with E-state index in [0.717, 1.165) is 0 Å². The van der Waals surface area contributed by atoms with Gasteiger partial charge in [-0.3, -0.25) is 0 Å². The monoisotopic (exact) mass is 166 g/mol. The first kappa shape index (κ1) is 8.52. The quantitative estimate of drug-likeness (QED) is 0.337. The van der Waals surface area contributed by atoms with E-state index in [9.17, 15) is 5.11 Å². The number of rotatable bonds is 2. The number of hydrogen-bond acceptors (Lipinski definition) is 3. The van der Waals surface area contributed by atoms with Crippen LogP contribution in [0.4, 0.5) is 0 Å².